The average Bonchev–Trinajstić information content (AvgIpc) is 3.24. The molecule has 2 heterocycles. The molecule has 1 saturated heterocycles. The van der Waals surface area contributed by atoms with Crippen molar-refractivity contribution < 1.29 is 8.42 Å². The Kier molecular flexibility index (Phi) is 6.92. The molecule has 1 aliphatic rings. The number of anilines is 1. The van der Waals surface area contributed by atoms with Crippen molar-refractivity contribution in [1.29, 1.82) is 0 Å². The fourth-order valence-electron chi connectivity index (χ4n) is 3.87. The van der Waals surface area contributed by atoms with Gasteiger partial charge in [0.25, 0.3) is 0 Å². The van der Waals surface area contributed by atoms with E-state index in [0.29, 0.717) is 25.9 Å². The highest BCUT2D eigenvalue weighted by molar-refractivity contribution is 7.92. The van der Waals surface area contributed by atoms with E-state index in [4.69, 9.17) is 28.2 Å². The molecule has 0 bridgehead atoms. The predicted octanol–water partition coefficient (Wildman–Crippen LogP) is 6.05. The summed E-state index contributed by atoms with van der Waals surface area (Å²) in [5.74, 6) is 0. The zero-order chi connectivity index (χ0) is 22.0. The highest BCUT2D eigenvalue weighted by Gasteiger charge is 2.33. The minimum atomic E-state index is -3.52. The average molecular weight is 495 g/mol. The molecule has 31 heavy (non-hydrogen) atoms. The van der Waals surface area contributed by atoms with Crippen molar-refractivity contribution in [3.05, 3.63) is 74.7 Å². The minimum absolute atomic E-state index is 0.114. The summed E-state index contributed by atoms with van der Waals surface area (Å²) in [4.78, 5) is 7.11. The Morgan fingerprint density at radius 1 is 1.06 bits per heavy atom. The molecular formula is C23H24Cl2N2O2S2. The van der Waals surface area contributed by atoms with E-state index in [-0.39, 0.29) is 14.9 Å². The van der Waals surface area contributed by atoms with Crippen LogP contribution in [0.3, 0.4) is 0 Å². The van der Waals surface area contributed by atoms with Crippen LogP contribution in [0.25, 0.3) is 0 Å². The van der Waals surface area contributed by atoms with Gasteiger partial charge in [0.05, 0.1) is 25.9 Å². The Hall–Kier alpha value is -1.60. The number of benzene rings is 2. The van der Waals surface area contributed by atoms with Crippen LogP contribution in [0.4, 0.5) is 5.13 Å². The molecule has 0 spiro atoms. The van der Waals surface area contributed by atoms with Gasteiger partial charge >= 0.3 is 0 Å². The normalized spacial score (nSPS) is 15.4. The van der Waals surface area contributed by atoms with Crippen molar-refractivity contribution in [3.8, 4) is 0 Å². The Labute approximate surface area is 197 Å². The molecule has 0 N–H and O–H groups in total. The van der Waals surface area contributed by atoms with E-state index in [2.05, 4.69) is 41.5 Å². The summed E-state index contributed by atoms with van der Waals surface area (Å²) in [5, 5.41) is 2.97. The van der Waals surface area contributed by atoms with Crippen molar-refractivity contribution in [2.75, 3.05) is 18.0 Å². The lowest BCUT2D eigenvalue weighted by atomic mass is 10.1. The molecule has 1 fully saturated rings. The third-order valence-electron chi connectivity index (χ3n) is 5.73. The summed E-state index contributed by atoms with van der Waals surface area (Å²) in [6.45, 7) is 3.46. The van der Waals surface area contributed by atoms with E-state index in [1.54, 1.807) is 23.5 Å². The van der Waals surface area contributed by atoms with E-state index in [0.717, 1.165) is 23.7 Å². The molecule has 1 aliphatic heterocycles. The SMILES string of the molecule is CCc1ccc(Cc2csc(N3CCC(S(=O)(=O)c4cccc(Cl)c4Cl)CC3)n2)cc1. The lowest BCUT2D eigenvalue weighted by molar-refractivity contribution is 0.529. The Balaban J connectivity index is 1.40. The summed E-state index contributed by atoms with van der Waals surface area (Å²) in [7, 11) is -3.52. The van der Waals surface area contributed by atoms with Gasteiger partial charge in [-0.15, -0.1) is 11.3 Å². The molecule has 0 unspecified atom stereocenters. The van der Waals surface area contributed by atoms with Gasteiger partial charge in [-0.3, -0.25) is 0 Å². The predicted molar refractivity (Wildman–Crippen MR) is 130 cm³/mol. The molecule has 4 nitrogen and oxygen atoms in total. The summed E-state index contributed by atoms with van der Waals surface area (Å²) in [5.41, 5.74) is 3.63. The van der Waals surface area contributed by atoms with Gasteiger partial charge in [-0.1, -0.05) is 60.5 Å². The Morgan fingerprint density at radius 2 is 1.74 bits per heavy atom. The zero-order valence-corrected chi connectivity index (χ0v) is 20.4. The molecule has 0 radical (unpaired) electrons. The molecule has 0 atom stereocenters. The quantitative estimate of drug-likeness (QED) is 0.418. The largest absolute Gasteiger partial charge is 0.348 e. The molecule has 0 saturated carbocycles. The number of nitrogens with zero attached hydrogens (tertiary/aromatic N) is 2. The summed E-state index contributed by atoms with van der Waals surface area (Å²) >= 11 is 13.8. The second-order valence-corrected chi connectivity index (χ2v) is 11.6. The first-order valence-corrected chi connectivity index (χ1v) is 13.5. The molecule has 0 aliphatic carbocycles. The van der Waals surface area contributed by atoms with Crippen LogP contribution in [0.1, 0.15) is 36.6 Å². The second-order valence-electron chi connectivity index (χ2n) is 7.75. The van der Waals surface area contributed by atoms with Crippen molar-refractivity contribution in [2.45, 2.75) is 42.8 Å². The van der Waals surface area contributed by atoms with Crippen LogP contribution in [0.2, 0.25) is 10.0 Å². The van der Waals surface area contributed by atoms with Crippen LogP contribution >= 0.6 is 34.5 Å². The fourth-order valence-corrected chi connectivity index (χ4v) is 7.24. The number of aromatic nitrogens is 1. The van der Waals surface area contributed by atoms with Crippen LogP contribution in [-0.2, 0) is 22.7 Å². The number of hydrogen-bond acceptors (Lipinski definition) is 5. The van der Waals surface area contributed by atoms with Gasteiger partial charge in [0.1, 0.15) is 0 Å². The van der Waals surface area contributed by atoms with Crippen molar-refractivity contribution >= 4 is 49.5 Å². The van der Waals surface area contributed by atoms with Gasteiger partial charge in [0.2, 0.25) is 0 Å². The van der Waals surface area contributed by atoms with E-state index in [9.17, 15) is 8.42 Å². The molecule has 1 aromatic heterocycles. The van der Waals surface area contributed by atoms with Crippen molar-refractivity contribution in [2.24, 2.45) is 0 Å². The van der Waals surface area contributed by atoms with Crippen LogP contribution in [0.5, 0.6) is 0 Å². The first-order chi connectivity index (χ1) is 14.9. The maximum absolute atomic E-state index is 13.1. The summed E-state index contributed by atoms with van der Waals surface area (Å²) in [6.07, 6.45) is 2.92. The number of sulfone groups is 1. The Morgan fingerprint density at radius 3 is 2.42 bits per heavy atom. The van der Waals surface area contributed by atoms with Gasteiger partial charge in [-0.2, -0.15) is 0 Å². The topological polar surface area (TPSA) is 50.3 Å². The van der Waals surface area contributed by atoms with E-state index in [1.165, 1.54) is 17.2 Å². The number of halogens is 2. The first-order valence-electron chi connectivity index (χ1n) is 10.3. The molecular weight excluding hydrogens is 471 g/mol. The van der Waals surface area contributed by atoms with Gasteiger partial charge in [0, 0.05) is 24.9 Å². The van der Waals surface area contributed by atoms with E-state index >= 15 is 0 Å². The van der Waals surface area contributed by atoms with Crippen LogP contribution in [-0.4, -0.2) is 31.7 Å². The molecule has 3 aromatic rings. The number of aryl methyl sites for hydroxylation is 1. The molecule has 164 valence electrons. The minimum Gasteiger partial charge on any atom is -0.348 e. The summed E-state index contributed by atoms with van der Waals surface area (Å²) in [6, 6.07) is 13.4. The molecule has 4 rings (SSSR count). The third kappa shape index (κ3) is 4.92. The Bertz CT molecular complexity index is 1150. The molecule has 0 amide bonds. The number of thiazole rings is 1. The highest BCUT2D eigenvalue weighted by atomic mass is 35.5. The summed E-state index contributed by atoms with van der Waals surface area (Å²) < 4.78 is 26.2. The first kappa shape index (κ1) is 22.6. The lowest BCUT2D eigenvalue weighted by Gasteiger charge is -2.31. The fraction of sp³-hybridized carbons (Fsp3) is 0.348. The van der Waals surface area contributed by atoms with E-state index in [1.807, 2.05) is 0 Å². The standard InChI is InChI=1S/C23H24Cl2N2O2S2/c1-2-16-6-8-17(9-7-16)14-18-15-30-23(26-18)27-12-10-19(11-13-27)31(28,29)21-5-3-4-20(24)22(21)25/h3-9,15,19H,2,10-14H2,1H3. The third-order valence-corrected chi connectivity index (χ3v) is 9.91. The number of hydrogen-bond donors (Lipinski definition) is 0. The molecule has 2 aromatic carbocycles. The lowest BCUT2D eigenvalue weighted by Crippen LogP contribution is -2.39. The van der Waals surface area contributed by atoms with Gasteiger partial charge in [-0.25, -0.2) is 13.4 Å². The second kappa shape index (κ2) is 9.49. The van der Waals surface area contributed by atoms with Gasteiger partial charge in [0.15, 0.2) is 15.0 Å². The van der Waals surface area contributed by atoms with Gasteiger partial charge in [-0.05, 0) is 42.5 Å². The smallest absolute Gasteiger partial charge is 0.185 e. The van der Waals surface area contributed by atoms with Crippen LogP contribution in [0, 0.1) is 0 Å². The monoisotopic (exact) mass is 494 g/mol. The number of piperidine rings is 1. The number of rotatable bonds is 6. The highest BCUT2D eigenvalue weighted by Crippen LogP contribution is 2.35. The zero-order valence-electron chi connectivity index (χ0n) is 17.2. The van der Waals surface area contributed by atoms with Crippen LogP contribution in [0.15, 0.2) is 52.7 Å². The maximum atomic E-state index is 13.1. The van der Waals surface area contributed by atoms with Crippen molar-refractivity contribution in [3.63, 3.8) is 0 Å². The van der Waals surface area contributed by atoms with Crippen molar-refractivity contribution in [1.82, 2.24) is 4.98 Å². The van der Waals surface area contributed by atoms with Gasteiger partial charge < -0.3 is 4.90 Å². The van der Waals surface area contributed by atoms with E-state index < -0.39 is 15.1 Å². The molecule has 8 heteroatoms. The maximum Gasteiger partial charge on any atom is 0.185 e. The van der Waals surface area contributed by atoms with Crippen LogP contribution < -0.4 is 4.90 Å².